The van der Waals surface area contributed by atoms with Crippen LogP contribution in [0.5, 0.6) is 0 Å². The molecular formula is C29H27F2NO3. The lowest BCUT2D eigenvalue weighted by Crippen LogP contribution is -2.29. The number of likely N-dealkylation sites (tertiary alicyclic amines) is 1. The fraction of sp³-hybridized carbons (Fsp3) is 0.241. The van der Waals surface area contributed by atoms with Gasteiger partial charge >= 0.3 is 0 Å². The lowest BCUT2D eigenvalue weighted by Gasteiger charge is -2.26. The number of carbonyl (C=O) groups is 2. The second-order valence-corrected chi connectivity index (χ2v) is 9.89. The van der Waals surface area contributed by atoms with Crippen LogP contribution in [0.2, 0.25) is 0 Å². The number of amides is 1. The van der Waals surface area contributed by atoms with Crippen molar-refractivity contribution < 1.29 is 23.5 Å². The van der Waals surface area contributed by atoms with E-state index in [0.717, 1.165) is 5.56 Å². The Labute approximate surface area is 203 Å². The van der Waals surface area contributed by atoms with Gasteiger partial charge in [0.15, 0.2) is 0 Å². The van der Waals surface area contributed by atoms with Gasteiger partial charge in [-0.15, -0.1) is 0 Å². The zero-order chi connectivity index (χ0) is 25.5. The summed E-state index contributed by atoms with van der Waals surface area (Å²) in [7, 11) is 0. The third kappa shape index (κ3) is 4.74. The van der Waals surface area contributed by atoms with Crippen LogP contribution in [0.25, 0.3) is 5.76 Å². The van der Waals surface area contributed by atoms with Crippen molar-refractivity contribution in [1.29, 1.82) is 0 Å². The summed E-state index contributed by atoms with van der Waals surface area (Å²) < 4.78 is 27.3. The van der Waals surface area contributed by atoms with Crippen molar-refractivity contribution in [1.82, 2.24) is 4.90 Å². The number of aliphatic hydroxyl groups excluding tert-OH is 1. The maximum atomic E-state index is 13.8. The van der Waals surface area contributed by atoms with Crippen LogP contribution in [0.4, 0.5) is 8.78 Å². The largest absolute Gasteiger partial charge is 0.507 e. The van der Waals surface area contributed by atoms with Gasteiger partial charge in [0.2, 0.25) is 0 Å². The molecule has 1 amide bonds. The number of aliphatic hydroxyl groups is 1. The van der Waals surface area contributed by atoms with E-state index < -0.39 is 29.4 Å². The monoisotopic (exact) mass is 475 g/mol. The van der Waals surface area contributed by atoms with E-state index in [0.29, 0.717) is 16.7 Å². The molecule has 1 unspecified atom stereocenters. The number of benzene rings is 3. The standard InChI is InChI=1S/C29H27F2NO3/c1-17-15-20(9-14-23(17)31)26(33)24-25(19-7-10-21(11-8-19)29(2,3)4)32(28(35)27(24)34)16-18-5-12-22(30)13-6-18/h5-15,25,33H,16H2,1-4H3/b26-24-. The van der Waals surface area contributed by atoms with Crippen LogP contribution >= 0.6 is 0 Å². The molecule has 1 atom stereocenters. The minimum absolute atomic E-state index is 0.0514. The molecule has 4 nitrogen and oxygen atoms in total. The van der Waals surface area contributed by atoms with Gasteiger partial charge in [-0.25, -0.2) is 8.78 Å². The van der Waals surface area contributed by atoms with E-state index in [2.05, 4.69) is 20.8 Å². The van der Waals surface area contributed by atoms with E-state index in [1.807, 2.05) is 24.3 Å². The van der Waals surface area contributed by atoms with Gasteiger partial charge in [-0.1, -0.05) is 57.2 Å². The summed E-state index contributed by atoms with van der Waals surface area (Å²) in [6.45, 7) is 7.86. The molecule has 6 heteroatoms. The number of nitrogens with zero attached hydrogens (tertiary/aromatic N) is 1. The van der Waals surface area contributed by atoms with E-state index in [1.165, 1.54) is 35.2 Å². The van der Waals surface area contributed by atoms with Gasteiger partial charge in [0.25, 0.3) is 11.7 Å². The molecule has 3 aromatic rings. The van der Waals surface area contributed by atoms with Crippen LogP contribution in [-0.4, -0.2) is 21.7 Å². The summed E-state index contributed by atoms with van der Waals surface area (Å²) in [5.74, 6) is -2.79. The minimum Gasteiger partial charge on any atom is -0.507 e. The molecule has 1 heterocycles. The van der Waals surface area contributed by atoms with E-state index in [4.69, 9.17) is 0 Å². The highest BCUT2D eigenvalue weighted by Crippen LogP contribution is 2.41. The third-order valence-corrected chi connectivity index (χ3v) is 6.33. The molecule has 1 aliphatic rings. The number of Topliss-reactive ketones (excluding diaryl/α,β-unsaturated/α-hetero) is 1. The zero-order valence-electron chi connectivity index (χ0n) is 20.1. The second-order valence-electron chi connectivity index (χ2n) is 9.89. The lowest BCUT2D eigenvalue weighted by atomic mass is 9.85. The molecule has 1 fully saturated rings. The first-order valence-electron chi connectivity index (χ1n) is 11.4. The van der Waals surface area contributed by atoms with Crippen molar-refractivity contribution in [3.05, 3.63) is 112 Å². The smallest absolute Gasteiger partial charge is 0.295 e. The number of halogens is 2. The first-order chi connectivity index (χ1) is 16.5. The molecule has 4 rings (SSSR count). The fourth-order valence-electron chi connectivity index (χ4n) is 4.29. The van der Waals surface area contributed by atoms with Gasteiger partial charge < -0.3 is 10.0 Å². The predicted octanol–water partition coefficient (Wildman–Crippen LogP) is 6.19. The molecule has 35 heavy (non-hydrogen) atoms. The van der Waals surface area contributed by atoms with Gasteiger partial charge in [0.05, 0.1) is 11.6 Å². The molecule has 0 bridgehead atoms. The summed E-state index contributed by atoms with van der Waals surface area (Å²) in [4.78, 5) is 27.7. The highest BCUT2D eigenvalue weighted by molar-refractivity contribution is 6.46. The molecule has 1 saturated heterocycles. The average Bonchev–Trinajstić information content (AvgIpc) is 3.06. The Kier molecular flexibility index (Phi) is 6.32. The Morgan fingerprint density at radius 3 is 2.14 bits per heavy atom. The third-order valence-electron chi connectivity index (χ3n) is 6.33. The van der Waals surface area contributed by atoms with Crippen LogP contribution in [0.1, 0.15) is 54.6 Å². The number of hydrogen-bond acceptors (Lipinski definition) is 3. The highest BCUT2D eigenvalue weighted by atomic mass is 19.1. The summed E-state index contributed by atoms with van der Waals surface area (Å²) in [6.07, 6.45) is 0. The van der Waals surface area contributed by atoms with Crippen molar-refractivity contribution >= 4 is 17.4 Å². The van der Waals surface area contributed by atoms with Gasteiger partial charge in [-0.2, -0.15) is 0 Å². The van der Waals surface area contributed by atoms with Crippen LogP contribution in [0, 0.1) is 18.6 Å². The highest BCUT2D eigenvalue weighted by Gasteiger charge is 2.46. The fourth-order valence-corrected chi connectivity index (χ4v) is 4.29. The Morgan fingerprint density at radius 1 is 0.943 bits per heavy atom. The first kappa shape index (κ1) is 24.3. The zero-order valence-corrected chi connectivity index (χ0v) is 20.1. The number of hydrogen-bond donors (Lipinski definition) is 1. The molecule has 180 valence electrons. The number of carbonyl (C=O) groups excluding carboxylic acids is 2. The van der Waals surface area contributed by atoms with Crippen LogP contribution in [0.3, 0.4) is 0 Å². The molecule has 1 N–H and O–H groups in total. The van der Waals surface area contributed by atoms with Crippen LogP contribution in [0.15, 0.2) is 72.3 Å². The molecule has 0 radical (unpaired) electrons. The van der Waals surface area contributed by atoms with Crippen LogP contribution < -0.4 is 0 Å². The van der Waals surface area contributed by atoms with Crippen molar-refractivity contribution in [2.45, 2.75) is 45.7 Å². The molecule has 0 spiro atoms. The molecule has 1 aliphatic heterocycles. The average molecular weight is 476 g/mol. The first-order valence-corrected chi connectivity index (χ1v) is 11.4. The van der Waals surface area contributed by atoms with Crippen molar-refractivity contribution in [3.8, 4) is 0 Å². The number of aryl methyl sites for hydroxylation is 1. The van der Waals surface area contributed by atoms with Gasteiger partial charge in [0, 0.05) is 12.1 Å². The quantitative estimate of drug-likeness (QED) is 0.278. The van der Waals surface area contributed by atoms with Crippen molar-refractivity contribution in [2.75, 3.05) is 0 Å². The minimum atomic E-state index is -0.862. The van der Waals surface area contributed by atoms with Gasteiger partial charge in [-0.05, 0) is 64.9 Å². The number of ketones is 1. The number of rotatable bonds is 4. The Balaban J connectivity index is 1.86. The van der Waals surface area contributed by atoms with E-state index >= 15 is 0 Å². The van der Waals surface area contributed by atoms with Crippen molar-refractivity contribution in [3.63, 3.8) is 0 Å². The van der Waals surface area contributed by atoms with E-state index in [1.54, 1.807) is 19.1 Å². The Bertz CT molecular complexity index is 1320. The van der Waals surface area contributed by atoms with Gasteiger partial charge in [0.1, 0.15) is 17.4 Å². The topological polar surface area (TPSA) is 57.6 Å². The predicted molar refractivity (Wildman–Crippen MR) is 131 cm³/mol. The normalized spacial score (nSPS) is 17.8. The van der Waals surface area contributed by atoms with E-state index in [-0.39, 0.29) is 28.9 Å². The molecule has 0 saturated carbocycles. The summed E-state index contributed by atoms with van der Waals surface area (Å²) in [5, 5.41) is 11.2. The molecule has 3 aromatic carbocycles. The molecular weight excluding hydrogens is 448 g/mol. The van der Waals surface area contributed by atoms with Crippen molar-refractivity contribution in [2.24, 2.45) is 0 Å². The summed E-state index contributed by atoms with van der Waals surface area (Å²) >= 11 is 0. The maximum Gasteiger partial charge on any atom is 0.295 e. The SMILES string of the molecule is Cc1cc(/C(O)=C2/C(=O)C(=O)N(Cc3ccc(F)cc3)C2c2ccc(C(C)(C)C)cc2)ccc1F. The summed E-state index contributed by atoms with van der Waals surface area (Å²) in [5.41, 5.74) is 2.76. The Hall–Kier alpha value is -3.80. The second kappa shape index (κ2) is 9.10. The van der Waals surface area contributed by atoms with Gasteiger partial charge in [-0.3, -0.25) is 9.59 Å². The lowest BCUT2D eigenvalue weighted by molar-refractivity contribution is -0.140. The maximum absolute atomic E-state index is 13.8. The molecule has 0 aromatic heterocycles. The van der Waals surface area contributed by atoms with Crippen LogP contribution in [-0.2, 0) is 21.5 Å². The Morgan fingerprint density at radius 2 is 1.57 bits per heavy atom. The summed E-state index contributed by atoms with van der Waals surface area (Å²) in [6, 6.07) is 16.4. The molecule has 0 aliphatic carbocycles. The van der Waals surface area contributed by atoms with E-state index in [9.17, 15) is 23.5 Å².